The highest BCUT2D eigenvalue weighted by atomic mass is 127. The number of hydrogen-bond acceptors (Lipinski definition) is 3. The molecule has 0 saturated carbocycles. The lowest BCUT2D eigenvalue weighted by Crippen LogP contribution is -2.42. The minimum atomic E-state index is 0. The highest BCUT2D eigenvalue weighted by molar-refractivity contribution is 14.0. The van der Waals surface area contributed by atoms with Crippen molar-refractivity contribution in [3.8, 4) is 11.5 Å². The van der Waals surface area contributed by atoms with Crippen molar-refractivity contribution >= 4 is 29.9 Å². The van der Waals surface area contributed by atoms with E-state index < -0.39 is 0 Å². The Morgan fingerprint density at radius 1 is 1.22 bits per heavy atom. The van der Waals surface area contributed by atoms with Crippen LogP contribution in [0.2, 0.25) is 0 Å². The summed E-state index contributed by atoms with van der Waals surface area (Å²) in [6.45, 7) is 3.44. The van der Waals surface area contributed by atoms with Crippen molar-refractivity contribution in [3.63, 3.8) is 0 Å². The standard InChI is InChI=1S/C17H25N3O2.HI/c1-4-18-17(20-14-9-5-6-10-14)19-12-13-8-7-11-15(21-2)16(13)22-3;/h5-8,11,14H,4,9-10,12H2,1-3H3,(H2,18,19,20);1H. The highest BCUT2D eigenvalue weighted by Gasteiger charge is 2.12. The van der Waals surface area contributed by atoms with Crippen LogP contribution in [0.15, 0.2) is 35.3 Å². The maximum Gasteiger partial charge on any atom is 0.191 e. The van der Waals surface area contributed by atoms with E-state index in [4.69, 9.17) is 9.47 Å². The second kappa shape index (κ2) is 10.4. The molecule has 128 valence electrons. The average molecular weight is 431 g/mol. The van der Waals surface area contributed by atoms with Crippen LogP contribution in [0.4, 0.5) is 0 Å². The molecule has 0 aromatic heterocycles. The molecule has 1 aliphatic rings. The molecule has 0 bridgehead atoms. The van der Waals surface area contributed by atoms with Crippen LogP contribution in [0.25, 0.3) is 0 Å². The first-order valence-electron chi connectivity index (χ1n) is 7.68. The summed E-state index contributed by atoms with van der Waals surface area (Å²) in [4.78, 5) is 4.66. The molecule has 0 aliphatic heterocycles. The van der Waals surface area contributed by atoms with Crippen LogP contribution in [0.1, 0.15) is 25.3 Å². The van der Waals surface area contributed by atoms with Crippen molar-refractivity contribution in [1.29, 1.82) is 0 Å². The molecule has 0 heterocycles. The van der Waals surface area contributed by atoms with E-state index in [1.807, 2.05) is 18.2 Å². The normalized spacial score (nSPS) is 14.3. The topological polar surface area (TPSA) is 54.9 Å². The molecule has 2 N–H and O–H groups in total. The highest BCUT2D eigenvalue weighted by Crippen LogP contribution is 2.31. The van der Waals surface area contributed by atoms with Gasteiger partial charge in [0.25, 0.3) is 0 Å². The summed E-state index contributed by atoms with van der Waals surface area (Å²) in [6, 6.07) is 6.28. The van der Waals surface area contributed by atoms with E-state index in [0.29, 0.717) is 12.6 Å². The molecule has 0 spiro atoms. The first-order valence-corrected chi connectivity index (χ1v) is 7.68. The predicted octanol–water partition coefficient (Wildman–Crippen LogP) is 3.10. The second-order valence-electron chi connectivity index (χ2n) is 5.13. The number of guanidine groups is 1. The Kier molecular flexibility index (Phi) is 8.83. The van der Waals surface area contributed by atoms with E-state index >= 15 is 0 Å². The monoisotopic (exact) mass is 431 g/mol. The summed E-state index contributed by atoms with van der Waals surface area (Å²) in [7, 11) is 3.29. The lowest BCUT2D eigenvalue weighted by atomic mass is 10.2. The van der Waals surface area contributed by atoms with Gasteiger partial charge in [-0.3, -0.25) is 0 Å². The summed E-state index contributed by atoms with van der Waals surface area (Å²) in [6.07, 6.45) is 6.50. The van der Waals surface area contributed by atoms with E-state index in [9.17, 15) is 0 Å². The number of hydrogen-bond donors (Lipinski definition) is 2. The van der Waals surface area contributed by atoms with Crippen LogP contribution in [0.3, 0.4) is 0 Å². The number of nitrogens with zero attached hydrogens (tertiary/aromatic N) is 1. The Hall–Kier alpha value is -1.44. The van der Waals surface area contributed by atoms with Gasteiger partial charge in [0.15, 0.2) is 17.5 Å². The zero-order chi connectivity index (χ0) is 15.8. The molecule has 0 radical (unpaired) electrons. The van der Waals surface area contributed by atoms with Crippen molar-refractivity contribution in [2.45, 2.75) is 32.4 Å². The van der Waals surface area contributed by atoms with Crippen molar-refractivity contribution in [1.82, 2.24) is 10.6 Å². The Bertz CT molecular complexity index is 539. The fourth-order valence-electron chi connectivity index (χ4n) is 2.49. The Labute approximate surface area is 155 Å². The number of benzene rings is 1. The van der Waals surface area contributed by atoms with Gasteiger partial charge in [-0.05, 0) is 25.8 Å². The molecule has 6 heteroatoms. The van der Waals surface area contributed by atoms with E-state index in [1.165, 1.54) is 0 Å². The van der Waals surface area contributed by atoms with Gasteiger partial charge in [-0.15, -0.1) is 24.0 Å². The van der Waals surface area contributed by atoms with Gasteiger partial charge in [0.2, 0.25) is 0 Å². The third-order valence-electron chi connectivity index (χ3n) is 3.58. The van der Waals surface area contributed by atoms with Crippen molar-refractivity contribution in [2.75, 3.05) is 20.8 Å². The molecular formula is C17H26IN3O2. The number of nitrogens with one attached hydrogen (secondary N) is 2. The van der Waals surface area contributed by atoms with Crippen LogP contribution in [0.5, 0.6) is 11.5 Å². The Morgan fingerprint density at radius 2 is 1.96 bits per heavy atom. The fourth-order valence-corrected chi connectivity index (χ4v) is 2.49. The zero-order valence-corrected chi connectivity index (χ0v) is 16.3. The van der Waals surface area contributed by atoms with E-state index in [1.54, 1.807) is 14.2 Å². The molecular weight excluding hydrogens is 405 g/mol. The van der Waals surface area contributed by atoms with Gasteiger partial charge >= 0.3 is 0 Å². The molecule has 0 unspecified atom stereocenters. The Balaban J connectivity index is 0.00000264. The number of halogens is 1. The number of ether oxygens (including phenoxy) is 2. The molecule has 23 heavy (non-hydrogen) atoms. The number of aliphatic imine (C=N–C) groups is 1. The molecule has 0 amide bonds. The van der Waals surface area contributed by atoms with Crippen molar-refractivity contribution in [3.05, 3.63) is 35.9 Å². The summed E-state index contributed by atoms with van der Waals surface area (Å²) < 4.78 is 10.8. The van der Waals surface area contributed by atoms with Gasteiger partial charge < -0.3 is 20.1 Å². The largest absolute Gasteiger partial charge is 0.493 e. The molecule has 1 aliphatic carbocycles. The van der Waals surface area contributed by atoms with Gasteiger partial charge in [0.05, 0.1) is 20.8 Å². The number of rotatable bonds is 6. The van der Waals surface area contributed by atoms with Gasteiger partial charge in [0.1, 0.15) is 0 Å². The van der Waals surface area contributed by atoms with Crippen LogP contribution in [-0.2, 0) is 6.54 Å². The number of methoxy groups -OCH3 is 2. The van der Waals surface area contributed by atoms with Gasteiger partial charge in [0, 0.05) is 18.2 Å². The maximum absolute atomic E-state index is 5.45. The minimum absolute atomic E-state index is 0. The molecule has 0 saturated heterocycles. The smallest absolute Gasteiger partial charge is 0.191 e. The lowest BCUT2D eigenvalue weighted by molar-refractivity contribution is 0.352. The third kappa shape index (κ3) is 5.60. The van der Waals surface area contributed by atoms with Crippen LogP contribution in [-0.4, -0.2) is 32.8 Å². The van der Waals surface area contributed by atoms with Crippen LogP contribution in [0, 0.1) is 0 Å². The van der Waals surface area contributed by atoms with Crippen molar-refractivity contribution in [2.24, 2.45) is 4.99 Å². The quantitative estimate of drug-likeness (QED) is 0.315. The zero-order valence-electron chi connectivity index (χ0n) is 14.0. The minimum Gasteiger partial charge on any atom is -0.493 e. The first kappa shape index (κ1) is 19.6. The number of para-hydroxylation sites is 1. The van der Waals surface area contributed by atoms with Gasteiger partial charge in [-0.1, -0.05) is 24.3 Å². The van der Waals surface area contributed by atoms with E-state index in [-0.39, 0.29) is 24.0 Å². The summed E-state index contributed by atoms with van der Waals surface area (Å²) >= 11 is 0. The van der Waals surface area contributed by atoms with E-state index in [2.05, 4.69) is 34.7 Å². The van der Waals surface area contributed by atoms with Crippen LogP contribution >= 0.6 is 24.0 Å². The molecule has 0 atom stereocenters. The fraction of sp³-hybridized carbons (Fsp3) is 0.471. The molecule has 2 rings (SSSR count). The van der Waals surface area contributed by atoms with Crippen molar-refractivity contribution < 1.29 is 9.47 Å². The summed E-state index contributed by atoms with van der Waals surface area (Å²) in [5, 5.41) is 6.74. The van der Waals surface area contributed by atoms with Crippen LogP contribution < -0.4 is 20.1 Å². The molecule has 5 nitrogen and oxygen atoms in total. The Morgan fingerprint density at radius 3 is 2.57 bits per heavy atom. The summed E-state index contributed by atoms with van der Waals surface area (Å²) in [5.74, 6) is 2.31. The van der Waals surface area contributed by atoms with E-state index in [0.717, 1.165) is 42.4 Å². The average Bonchev–Trinajstić information content (AvgIpc) is 3.05. The second-order valence-corrected chi connectivity index (χ2v) is 5.13. The van der Waals surface area contributed by atoms with Gasteiger partial charge in [-0.25, -0.2) is 4.99 Å². The third-order valence-corrected chi connectivity index (χ3v) is 3.58. The molecule has 0 fully saturated rings. The summed E-state index contributed by atoms with van der Waals surface area (Å²) in [5.41, 5.74) is 1.00. The maximum atomic E-state index is 5.45. The van der Waals surface area contributed by atoms with Gasteiger partial charge in [-0.2, -0.15) is 0 Å². The first-order chi connectivity index (χ1) is 10.8. The predicted molar refractivity (Wildman–Crippen MR) is 105 cm³/mol. The molecule has 1 aromatic carbocycles. The lowest BCUT2D eigenvalue weighted by Gasteiger charge is -2.17. The molecule has 1 aromatic rings. The SMILES string of the molecule is CCNC(=NCc1cccc(OC)c1OC)NC1CC=CC1.I.